The SMILES string of the molecule is CCC1CCCC(c2ccn(C)n2)CC1. The zero-order valence-electron chi connectivity index (χ0n) is 9.95. The number of hydrogen-bond acceptors (Lipinski definition) is 1. The van der Waals surface area contributed by atoms with Gasteiger partial charge in [0.05, 0.1) is 5.69 Å². The van der Waals surface area contributed by atoms with Crippen molar-refractivity contribution in [2.45, 2.75) is 51.4 Å². The molecule has 2 heteroatoms. The molecule has 2 rings (SSSR count). The van der Waals surface area contributed by atoms with Crippen LogP contribution >= 0.6 is 0 Å². The highest BCUT2D eigenvalue weighted by atomic mass is 15.2. The highest BCUT2D eigenvalue weighted by Crippen LogP contribution is 2.34. The quantitative estimate of drug-likeness (QED) is 0.677. The monoisotopic (exact) mass is 206 g/mol. The molecule has 0 bridgehead atoms. The van der Waals surface area contributed by atoms with Crippen LogP contribution in [0.3, 0.4) is 0 Å². The van der Waals surface area contributed by atoms with Gasteiger partial charge in [-0.25, -0.2) is 0 Å². The lowest BCUT2D eigenvalue weighted by atomic mass is 9.95. The smallest absolute Gasteiger partial charge is 0.0655 e. The summed E-state index contributed by atoms with van der Waals surface area (Å²) in [5.74, 6) is 1.70. The molecule has 0 radical (unpaired) electrons. The molecule has 2 atom stereocenters. The van der Waals surface area contributed by atoms with Gasteiger partial charge < -0.3 is 0 Å². The largest absolute Gasteiger partial charge is 0.276 e. The van der Waals surface area contributed by atoms with Crippen molar-refractivity contribution in [2.75, 3.05) is 0 Å². The predicted molar refractivity (Wildman–Crippen MR) is 62.8 cm³/mol. The van der Waals surface area contributed by atoms with Crippen LogP contribution in [0, 0.1) is 5.92 Å². The fourth-order valence-corrected chi connectivity index (χ4v) is 2.73. The van der Waals surface area contributed by atoms with Crippen LogP contribution in [-0.2, 0) is 7.05 Å². The van der Waals surface area contributed by atoms with Crippen molar-refractivity contribution in [3.05, 3.63) is 18.0 Å². The van der Waals surface area contributed by atoms with E-state index in [1.54, 1.807) is 0 Å². The van der Waals surface area contributed by atoms with E-state index in [4.69, 9.17) is 0 Å². The van der Waals surface area contributed by atoms with Gasteiger partial charge in [-0.2, -0.15) is 5.10 Å². The maximum atomic E-state index is 4.54. The first-order valence-electron chi connectivity index (χ1n) is 6.29. The van der Waals surface area contributed by atoms with Crippen molar-refractivity contribution < 1.29 is 0 Å². The van der Waals surface area contributed by atoms with E-state index in [1.165, 1.54) is 44.2 Å². The van der Waals surface area contributed by atoms with Gasteiger partial charge in [-0.3, -0.25) is 4.68 Å². The van der Waals surface area contributed by atoms with Crippen molar-refractivity contribution in [1.29, 1.82) is 0 Å². The average molecular weight is 206 g/mol. The van der Waals surface area contributed by atoms with Crippen molar-refractivity contribution in [1.82, 2.24) is 9.78 Å². The Bertz CT molecular complexity index is 303. The normalized spacial score (nSPS) is 27.6. The van der Waals surface area contributed by atoms with Gasteiger partial charge in [0.25, 0.3) is 0 Å². The second kappa shape index (κ2) is 4.82. The summed E-state index contributed by atoms with van der Waals surface area (Å²) in [6.45, 7) is 2.33. The van der Waals surface area contributed by atoms with Crippen LogP contribution in [0.4, 0.5) is 0 Å². The third kappa shape index (κ3) is 2.61. The Labute approximate surface area is 92.7 Å². The molecule has 0 amide bonds. The summed E-state index contributed by atoms with van der Waals surface area (Å²) in [5, 5.41) is 4.54. The molecule has 1 heterocycles. The van der Waals surface area contributed by atoms with Gasteiger partial charge in [0, 0.05) is 19.2 Å². The summed E-state index contributed by atoms with van der Waals surface area (Å²) in [5.41, 5.74) is 1.31. The lowest BCUT2D eigenvalue weighted by molar-refractivity contribution is 0.442. The van der Waals surface area contributed by atoms with Gasteiger partial charge in [-0.05, 0) is 31.2 Å². The molecule has 1 aromatic rings. The van der Waals surface area contributed by atoms with Gasteiger partial charge in [0.15, 0.2) is 0 Å². The highest BCUT2D eigenvalue weighted by Gasteiger charge is 2.20. The van der Waals surface area contributed by atoms with Crippen molar-refractivity contribution >= 4 is 0 Å². The molecule has 84 valence electrons. The minimum Gasteiger partial charge on any atom is -0.276 e. The molecule has 0 saturated heterocycles. The number of aryl methyl sites for hydroxylation is 1. The van der Waals surface area contributed by atoms with E-state index < -0.39 is 0 Å². The topological polar surface area (TPSA) is 17.8 Å². The first kappa shape index (κ1) is 10.7. The maximum absolute atomic E-state index is 4.54. The lowest BCUT2D eigenvalue weighted by Crippen LogP contribution is -2.00. The summed E-state index contributed by atoms with van der Waals surface area (Å²) in [6, 6.07) is 2.19. The maximum Gasteiger partial charge on any atom is 0.0655 e. The van der Waals surface area contributed by atoms with E-state index in [0.29, 0.717) is 0 Å². The second-order valence-electron chi connectivity index (χ2n) is 4.89. The summed E-state index contributed by atoms with van der Waals surface area (Å²) >= 11 is 0. The van der Waals surface area contributed by atoms with E-state index in [1.807, 2.05) is 11.7 Å². The summed E-state index contributed by atoms with van der Waals surface area (Å²) in [4.78, 5) is 0. The molecule has 1 aliphatic carbocycles. The minimum absolute atomic E-state index is 0.725. The van der Waals surface area contributed by atoms with E-state index in [2.05, 4.69) is 24.3 Å². The van der Waals surface area contributed by atoms with Gasteiger partial charge in [-0.1, -0.05) is 26.2 Å². The lowest BCUT2D eigenvalue weighted by Gasteiger charge is -2.11. The van der Waals surface area contributed by atoms with E-state index in [-0.39, 0.29) is 0 Å². The Morgan fingerprint density at radius 3 is 2.87 bits per heavy atom. The van der Waals surface area contributed by atoms with Gasteiger partial charge in [-0.15, -0.1) is 0 Å². The van der Waals surface area contributed by atoms with E-state index >= 15 is 0 Å². The van der Waals surface area contributed by atoms with Crippen LogP contribution in [0.15, 0.2) is 12.3 Å². The van der Waals surface area contributed by atoms with Gasteiger partial charge >= 0.3 is 0 Å². The molecule has 15 heavy (non-hydrogen) atoms. The molecule has 0 aromatic carbocycles. The Kier molecular flexibility index (Phi) is 3.45. The Morgan fingerprint density at radius 1 is 1.33 bits per heavy atom. The van der Waals surface area contributed by atoms with E-state index in [9.17, 15) is 0 Å². The number of nitrogens with zero attached hydrogens (tertiary/aromatic N) is 2. The summed E-state index contributed by atoms with van der Waals surface area (Å²) in [7, 11) is 2.01. The van der Waals surface area contributed by atoms with Crippen LogP contribution in [0.1, 0.15) is 57.1 Å². The minimum atomic E-state index is 0.725. The Morgan fingerprint density at radius 2 is 2.20 bits per heavy atom. The molecular weight excluding hydrogens is 184 g/mol. The predicted octanol–water partition coefficient (Wildman–Crippen LogP) is 3.49. The molecular formula is C13H22N2. The Balaban J connectivity index is 1.99. The van der Waals surface area contributed by atoms with Crippen LogP contribution in [-0.4, -0.2) is 9.78 Å². The summed E-state index contributed by atoms with van der Waals surface area (Å²) in [6.07, 6.45) is 10.3. The molecule has 1 fully saturated rings. The molecule has 1 saturated carbocycles. The molecule has 0 N–H and O–H groups in total. The van der Waals surface area contributed by atoms with Crippen molar-refractivity contribution in [3.63, 3.8) is 0 Å². The molecule has 1 aromatic heterocycles. The third-order valence-electron chi connectivity index (χ3n) is 3.82. The van der Waals surface area contributed by atoms with Gasteiger partial charge in [0.2, 0.25) is 0 Å². The van der Waals surface area contributed by atoms with Crippen molar-refractivity contribution in [3.8, 4) is 0 Å². The van der Waals surface area contributed by atoms with Gasteiger partial charge in [0.1, 0.15) is 0 Å². The Hall–Kier alpha value is -0.790. The van der Waals surface area contributed by atoms with Crippen LogP contribution in [0.2, 0.25) is 0 Å². The molecule has 1 aliphatic rings. The molecule has 2 nitrogen and oxygen atoms in total. The molecule has 0 aliphatic heterocycles. The fraction of sp³-hybridized carbons (Fsp3) is 0.769. The highest BCUT2D eigenvalue weighted by molar-refractivity contribution is 5.06. The van der Waals surface area contributed by atoms with Crippen LogP contribution < -0.4 is 0 Å². The standard InChI is InChI=1S/C13H22N2/c1-3-11-5-4-6-12(8-7-11)13-9-10-15(2)14-13/h9-12H,3-8H2,1-2H3. The summed E-state index contributed by atoms with van der Waals surface area (Å²) < 4.78 is 1.93. The number of rotatable bonds is 2. The second-order valence-corrected chi connectivity index (χ2v) is 4.89. The number of hydrogen-bond donors (Lipinski definition) is 0. The van der Waals surface area contributed by atoms with Crippen molar-refractivity contribution in [2.24, 2.45) is 13.0 Å². The number of aromatic nitrogens is 2. The van der Waals surface area contributed by atoms with Crippen LogP contribution in [0.5, 0.6) is 0 Å². The zero-order valence-corrected chi connectivity index (χ0v) is 9.95. The average Bonchev–Trinajstić information content (AvgIpc) is 2.54. The fourth-order valence-electron chi connectivity index (χ4n) is 2.73. The first-order chi connectivity index (χ1) is 7.29. The molecule has 0 spiro atoms. The third-order valence-corrected chi connectivity index (χ3v) is 3.82. The molecule has 2 unspecified atom stereocenters. The zero-order chi connectivity index (χ0) is 10.7. The van der Waals surface area contributed by atoms with E-state index in [0.717, 1.165) is 11.8 Å². The first-order valence-corrected chi connectivity index (χ1v) is 6.29. The van der Waals surface area contributed by atoms with Crippen LogP contribution in [0.25, 0.3) is 0 Å².